The third kappa shape index (κ3) is 4.70. The van der Waals surface area contributed by atoms with Crippen LogP contribution in [0.2, 0.25) is 10.0 Å². The van der Waals surface area contributed by atoms with Gasteiger partial charge in [-0.25, -0.2) is 4.79 Å². The number of nitrogens with one attached hydrogen (secondary N) is 2. The number of fused-ring (bicyclic) bond motifs is 1. The molecule has 0 saturated heterocycles. The highest BCUT2D eigenvalue weighted by Crippen LogP contribution is 2.22. The van der Waals surface area contributed by atoms with Crippen LogP contribution in [0.25, 0.3) is 17.0 Å². The predicted octanol–water partition coefficient (Wildman–Crippen LogP) is 4.30. The number of para-hydroxylation sites is 1. The summed E-state index contributed by atoms with van der Waals surface area (Å²) in [7, 11) is 0. The second-order valence-corrected chi connectivity index (χ2v) is 6.81. The first-order chi connectivity index (χ1) is 12.9. The molecule has 3 N–H and O–H groups in total. The van der Waals surface area contributed by atoms with E-state index in [2.05, 4.69) is 10.3 Å². The van der Waals surface area contributed by atoms with Gasteiger partial charge in [0.25, 0.3) is 0 Å². The number of rotatable bonds is 6. The van der Waals surface area contributed by atoms with Crippen LogP contribution in [0, 0.1) is 0 Å². The Labute approximate surface area is 165 Å². The average Bonchev–Trinajstić information content (AvgIpc) is 3.03. The predicted molar refractivity (Wildman–Crippen MR) is 107 cm³/mol. The highest BCUT2D eigenvalue weighted by molar-refractivity contribution is 6.35. The molecule has 1 amide bonds. The van der Waals surface area contributed by atoms with Gasteiger partial charge >= 0.3 is 5.97 Å². The standard InChI is InChI=1S/C20H16Cl2N2O3/c21-14-7-5-12(16(22)10-14)6-8-19(25)24-18(20(26)27)9-13-11-23-17-4-2-1-3-15(13)17/h1-8,10-11,18,23H,9H2,(H,24,25)(H,26,27)/b8-6+. The lowest BCUT2D eigenvalue weighted by atomic mass is 10.0. The molecule has 3 aromatic rings. The van der Waals surface area contributed by atoms with Crippen molar-refractivity contribution in [1.82, 2.24) is 10.3 Å². The molecule has 0 spiro atoms. The summed E-state index contributed by atoms with van der Waals surface area (Å²) < 4.78 is 0. The Morgan fingerprint density at radius 3 is 2.70 bits per heavy atom. The molecule has 1 heterocycles. The van der Waals surface area contributed by atoms with Crippen LogP contribution in [0.3, 0.4) is 0 Å². The summed E-state index contributed by atoms with van der Waals surface area (Å²) in [6.07, 6.45) is 4.69. The molecule has 5 nitrogen and oxygen atoms in total. The van der Waals surface area contributed by atoms with Crippen molar-refractivity contribution in [1.29, 1.82) is 0 Å². The van der Waals surface area contributed by atoms with E-state index in [9.17, 15) is 14.7 Å². The molecule has 1 aromatic heterocycles. The molecule has 2 aromatic carbocycles. The number of carbonyl (C=O) groups excluding carboxylic acids is 1. The molecule has 1 unspecified atom stereocenters. The van der Waals surface area contributed by atoms with Gasteiger partial charge in [0.05, 0.1) is 0 Å². The molecule has 27 heavy (non-hydrogen) atoms. The summed E-state index contributed by atoms with van der Waals surface area (Å²) in [5.41, 5.74) is 2.35. The van der Waals surface area contributed by atoms with Crippen molar-refractivity contribution >= 4 is 52.1 Å². The lowest BCUT2D eigenvalue weighted by Gasteiger charge is -2.13. The van der Waals surface area contributed by atoms with Crippen LogP contribution >= 0.6 is 23.2 Å². The number of hydrogen-bond acceptors (Lipinski definition) is 2. The Kier molecular flexibility index (Phi) is 5.84. The van der Waals surface area contributed by atoms with Crippen LogP contribution < -0.4 is 5.32 Å². The SMILES string of the molecule is O=C(/C=C/c1ccc(Cl)cc1Cl)NC(Cc1c[nH]c2ccccc12)C(=O)O. The Morgan fingerprint density at radius 2 is 1.96 bits per heavy atom. The van der Waals surface area contributed by atoms with E-state index in [-0.39, 0.29) is 6.42 Å². The quantitative estimate of drug-likeness (QED) is 0.537. The van der Waals surface area contributed by atoms with Gasteiger partial charge in [0, 0.05) is 39.6 Å². The van der Waals surface area contributed by atoms with E-state index < -0.39 is 17.9 Å². The second-order valence-electron chi connectivity index (χ2n) is 5.96. The summed E-state index contributed by atoms with van der Waals surface area (Å²) in [6, 6.07) is 11.4. The van der Waals surface area contributed by atoms with Gasteiger partial charge in [0.2, 0.25) is 5.91 Å². The fourth-order valence-corrected chi connectivity index (χ4v) is 3.21. The number of carboxylic acids is 1. The molecule has 7 heteroatoms. The highest BCUT2D eigenvalue weighted by atomic mass is 35.5. The number of halogens is 2. The van der Waals surface area contributed by atoms with E-state index >= 15 is 0 Å². The Bertz CT molecular complexity index is 1030. The Morgan fingerprint density at radius 1 is 1.19 bits per heavy atom. The summed E-state index contributed by atoms with van der Waals surface area (Å²) in [6.45, 7) is 0. The van der Waals surface area contributed by atoms with Gasteiger partial charge in [-0.05, 0) is 35.4 Å². The first kappa shape index (κ1) is 19.0. The molecule has 0 bridgehead atoms. The topological polar surface area (TPSA) is 82.2 Å². The summed E-state index contributed by atoms with van der Waals surface area (Å²) in [5.74, 6) is -1.63. The number of hydrogen-bond donors (Lipinski definition) is 3. The molecule has 0 aliphatic carbocycles. The summed E-state index contributed by atoms with van der Waals surface area (Å²) >= 11 is 11.9. The number of aliphatic carboxylic acids is 1. The van der Waals surface area contributed by atoms with Gasteiger partial charge in [0.1, 0.15) is 6.04 Å². The minimum absolute atomic E-state index is 0.167. The monoisotopic (exact) mass is 402 g/mol. The zero-order chi connectivity index (χ0) is 19.4. The highest BCUT2D eigenvalue weighted by Gasteiger charge is 2.21. The molecular weight excluding hydrogens is 387 g/mol. The maximum Gasteiger partial charge on any atom is 0.326 e. The van der Waals surface area contributed by atoms with Crippen molar-refractivity contribution < 1.29 is 14.7 Å². The number of H-pyrrole nitrogens is 1. The molecule has 0 fully saturated rings. The normalized spacial score (nSPS) is 12.4. The average molecular weight is 403 g/mol. The number of aromatic amines is 1. The fourth-order valence-electron chi connectivity index (χ4n) is 2.74. The molecular formula is C20H16Cl2N2O3. The van der Waals surface area contributed by atoms with E-state index in [1.807, 2.05) is 24.3 Å². The van der Waals surface area contributed by atoms with Gasteiger partial charge < -0.3 is 15.4 Å². The number of carbonyl (C=O) groups is 2. The molecule has 0 radical (unpaired) electrons. The van der Waals surface area contributed by atoms with Crippen molar-refractivity contribution in [2.24, 2.45) is 0 Å². The number of carboxylic acid groups (broad SMARTS) is 1. The van der Waals surface area contributed by atoms with Crippen molar-refractivity contribution in [3.63, 3.8) is 0 Å². The third-order valence-corrected chi connectivity index (χ3v) is 4.65. The zero-order valence-electron chi connectivity index (χ0n) is 14.1. The van der Waals surface area contributed by atoms with Crippen molar-refractivity contribution in [2.75, 3.05) is 0 Å². The maximum atomic E-state index is 12.2. The number of benzene rings is 2. The first-order valence-corrected chi connectivity index (χ1v) is 8.91. The van der Waals surface area contributed by atoms with E-state index in [0.717, 1.165) is 16.5 Å². The second kappa shape index (κ2) is 8.29. The molecule has 138 valence electrons. The zero-order valence-corrected chi connectivity index (χ0v) is 15.6. The molecule has 0 aliphatic rings. The van der Waals surface area contributed by atoms with Crippen molar-refractivity contribution in [2.45, 2.75) is 12.5 Å². The van der Waals surface area contributed by atoms with Gasteiger partial charge in [-0.3, -0.25) is 4.79 Å². The van der Waals surface area contributed by atoms with Gasteiger partial charge in [-0.2, -0.15) is 0 Å². The van der Waals surface area contributed by atoms with E-state index in [4.69, 9.17) is 23.2 Å². The minimum Gasteiger partial charge on any atom is -0.480 e. The van der Waals surface area contributed by atoms with Gasteiger partial charge in [-0.1, -0.05) is 47.5 Å². The van der Waals surface area contributed by atoms with Gasteiger partial charge in [0.15, 0.2) is 0 Å². The minimum atomic E-state index is -1.11. The Hall–Kier alpha value is -2.76. The first-order valence-electron chi connectivity index (χ1n) is 8.15. The molecule has 3 rings (SSSR count). The third-order valence-electron chi connectivity index (χ3n) is 4.09. The molecule has 1 atom stereocenters. The van der Waals surface area contributed by atoms with Crippen LogP contribution in [0.4, 0.5) is 0 Å². The van der Waals surface area contributed by atoms with E-state index in [0.29, 0.717) is 15.6 Å². The maximum absolute atomic E-state index is 12.2. The number of aromatic nitrogens is 1. The summed E-state index contributed by atoms with van der Waals surface area (Å²) in [4.78, 5) is 26.8. The van der Waals surface area contributed by atoms with Crippen molar-refractivity contribution in [3.8, 4) is 0 Å². The van der Waals surface area contributed by atoms with Crippen LogP contribution in [-0.4, -0.2) is 28.0 Å². The van der Waals surface area contributed by atoms with Crippen molar-refractivity contribution in [3.05, 3.63) is 75.9 Å². The van der Waals surface area contributed by atoms with Gasteiger partial charge in [-0.15, -0.1) is 0 Å². The van der Waals surface area contributed by atoms with E-state index in [1.165, 1.54) is 12.2 Å². The molecule has 0 aliphatic heterocycles. The van der Waals surface area contributed by atoms with Crippen LogP contribution in [0.1, 0.15) is 11.1 Å². The smallest absolute Gasteiger partial charge is 0.326 e. The van der Waals surface area contributed by atoms with Crippen LogP contribution in [-0.2, 0) is 16.0 Å². The summed E-state index contributed by atoms with van der Waals surface area (Å²) in [5, 5.41) is 13.8. The largest absolute Gasteiger partial charge is 0.480 e. The molecule has 0 saturated carbocycles. The lowest BCUT2D eigenvalue weighted by Crippen LogP contribution is -2.41. The number of amides is 1. The Balaban J connectivity index is 1.71. The van der Waals surface area contributed by atoms with E-state index in [1.54, 1.807) is 24.4 Å². The van der Waals surface area contributed by atoms with Crippen LogP contribution in [0.5, 0.6) is 0 Å². The van der Waals surface area contributed by atoms with Crippen LogP contribution in [0.15, 0.2) is 54.7 Å². The fraction of sp³-hybridized carbons (Fsp3) is 0.100. The lowest BCUT2D eigenvalue weighted by molar-refractivity contribution is -0.141.